The molecule has 6 nitrogen and oxygen atoms in total. The minimum atomic E-state index is -0.593. The van der Waals surface area contributed by atoms with Crippen molar-refractivity contribution in [1.82, 2.24) is 0 Å². The van der Waals surface area contributed by atoms with Gasteiger partial charge in [-0.3, -0.25) is 10.1 Å². The second kappa shape index (κ2) is 6.05. The van der Waals surface area contributed by atoms with Gasteiger partial charge in [-0.05, 0) is 17.7 Å². The van der Waals surface area contributed by atoms with Crippen LogP contribution in [0.4, 0.5) is 0 Å². The Morgan fingerprint density at radius 1 is 1.24 bits per heavy atom. The third-order valence-electron chi connectivity index (χ3n) is 2.38. The fourth-order valence-corrected chi connectivity index (χ4v) is 1.50. The lowest BCUT2D eigenvalue weighted by Crippen LogP contribution is -2.14. The molecule has 1 aromatic carbocycles. The van der Waals surface area contributed by atoms with Gasteiger partial charge >= 0.3 is 0 Å². The van der Waals surface area contributed by atoms with Crippen LogP contribution in [-0.4, -0.2) is 32.8 Å². The molecular weight excluding hydrogens is 226 g/mol. The Morgan fingerprint density at radius 3 is 2.35 bits per heavy atom. The third kappa shape index (κ3) is 3.32. The highest BCUT2D eigenvalue weighted by Crippen LogP contribution is 2.30. The molecule has 17 heavy (non-hydrogen) atoms. The van der Waals surface area contributed by atoms with Gasteiger partial charge in [0.05, 0.1) is 14.2 Å². The van der Waals surface area contributed by atoms with E-state index in [9.17, 15) is 10.1 Å². The molecule has 1 aromatic rings. The Hall–Kier alpha value is -1.82. The molecule has 0 saturated heterocycles. The molecule has 0 aliphatic carbocycles. The van der Waals surface area contributed by atoms with Gasteiger partial charge in [0.2, 0.25) is 6.54 Å². The van der Waals surface area contributed by atoms with Crippen molar-refractivity contribution in [2.75, 3.05) is 27.9 Å². The van der Waals surface area contributed by atoms with Gasteiger partial charge in [-0.2, -0.15) is 0 Å². The van der Waals surface area contributed by atoms with E-state index in [0.717, 1.165) is 0 Å². The van der Waals surface area contributed by atoms with Crippen LogP contribution in [-0.2, 0) is 4.74 Å². The molecule has 6 heteroatoms. The average molecular weight is 241 g/mol. The van der Waals surface area contributed by atoms with Crippen molar-refractivity contribution in [3.05, 3.63) is 33.9 Å². The Bertz CT molecular complexity index is 393. The van der Waals surface area contributed by atoms with Crippen LogP contribution in [0.15, 0.2) is 18.2 Å². The molecular formula is C11H15NO5. The third-order valence-corrected chi connectivity index (χ3v) is 2.38. The van der Waals surface area contributed by atoms with Crippen LogP contribution in [0.3, 0.4) is 0 Å². The number of methoxy groups -OCH3 is 3. The molecule has 0 saturated carbocycles. The Balaban J connectivity index is 3.00. The SMILES string of the molecule is COc1ccc([C@@H](C[N+](=O)[O-])OC)cc1OC. The largest absolute Gasteiger partial charge is 0.493 e. The summed E-state index contributed by atoms with van der Waals surface area (Å²) < 4.78 is 15.3. The lowest BCUT2D eigenvalue weighted by molar-refractivity contribution is -0.492. The Labute approximate surface area is 99.2 Å². The first-order valence-corrected chi connectivity index (χ1v) is 4.99. The quantitative estimate of drug-likeness (QED) is 0.559. The normalized spacial score (nSPS) is 11.9. The maximum atomic E-state index is 10.5. The zero-order chi connectivity index (χ0) is 12.8. The van der Waals surface area contributed by atoms with Crippen molar-refractivity contribution in [2.24, 2.45) is 0 Å². The van der Waals surface area contributed by atoms with Crippen molar-refractivity contribution in [3.8, 4) is 11.5 Å². The van der Waals surface area contributed by atoms with Crippen molar-refractivity contribution in [2.45, 2.75) is 6.10 Å². The van der Waals surface area contributed by atoms with Crippen LogP contribution >= 0.6 is 0 Å². The first-order valence-electron chi connectivity index (χ1n) is 4.99. The zero-order valence-corrected chi connectivity index (χ0v) is 10.0. The van der Waals surface area contributed by atoms with Crippen molar-refractivity contribution < 1.29 is 19.1 Å². The van der Waals surface area contributed by atoms with E-state index in [1.54, 1.807) is 18.2 Å². The Morgan fingerprint density at radius 2 is 1.88 bits per heavy atom. The smallest absolute Gasteiger partial charge is 0.233 e. The number of benzene rings is 1. The van der Waals surface area contributed by atoms with Gasteiger partial charge in [0, 0.05) is 12.0 Å². The predicted molar refractivity (Wildman–Crippen MR) is 61.2 cm³/mol. The second-order valence-electron chi connectivity index (χ2n) is 3.35. The van der Waals surface area contributed by atoms with Crippen molar-refractivity contribution in [1.29, 1.82) is 0 Å². The van der Waals surface area contributed by atoms with E-state index in [4.69, 9.17) is 14.2 Å². The summed E-state index contributed by atoms with van der Waals surface area (Å²) in [5, 5.41) is 10.5. The topological polar surface area (TPSA) is 70.8 Å². The van der Waals surface area contributed by atoms with Crippen LogP contribution in [0.25, 0.3) is 0 Å². The van der Waals surface area contributed by atoms with Gasteiger partial charge in [0.1, 0.15) is 6.10 Å². The van der Waals surface area contributed by atoms with Crippen molar-refractivity contribution >= 4 is 0 Å². The van der Waals surface area contributed by atoms with E-state index in [-0.39, 0.29) is 6.54 Å². The molecule has 0 bridgehead atoms. The molecule has 0 amide bonds. The maximum Gasteiger partial charge on any atom is 0.233 e. The van der Waals surface area contributed by atoms with Crippen LogP contribution in [0.2, 0.25) is 0 Å². The monoisotopic (exact) mass is 241 g/mol. The van der Waals surface area contributed by atoms with Gasteiger partial charge in [-0.25, -0.2) is 0 Å². The molecule has 94 valence electrons. The molecule has 0 radical (unpaired) electrons. The lowest BCUT2D eigenvalue weighted by atomic mass is 10.1. The van der Waals surface area contributed by atoms with Crippen LogP contribution in [0.5, 0.6) is 11.5 Å². The minimum absolute atomic E-state index is 0.286. The van der Waals surface area contributed by atoms with E-state index in [1.807, 2.05) is 0 Å². The molecule has 1 atom stereocenters. The molecule has 1 rings (SSSR count). The zero-order valence-electron chi connectivity index (χ0n) is 10.0. The summed E-state index contributed by atoms with van der Waals surface area (Å²) in [4.78, 5) is 10.1. The molecule has 0 heterocycles. The number of nitrogens with zero attached hydrogens (tertiary/aromatic N) is 1. The van der Waals surface area contributed by atoms with E-state index < -0.39 is 11.0 Å². The number of rotatable bonds is 6. The summed E-state index contributed by atoms with van der Waals surface area (Å²) in [5.41, 5.74) is 0.682. The predicted octanol–water partition coefficient (Wildman–Crippen LogP) is 1.67. The first-order chi connectivity index (χ1) is 8.12. The highest BCUT2D eigenvalue weighted by molar-refractivity contribution is 5.43. The molecule has 0 unspecified atom stereocenters. The van der Waals surface area contributed by atoms with Gasteiger partial charge < -0.3 is 14.2 Å². The van der Waals surface area contributed by atoms with Crippen LogP contribution < -0.4 is 9.47 Å². The van der Waals surface area contributed by atoms with E-state index in [0.29, 0.717) is 17.1 Å². The summed E-state index contributed by atoms with van der Waals surface area (Å²) >= 11 is 0. The molecule has 0 fully saturated rings. The first kappa shape index (κ1) is 13.2. The number of nitro groups is 1. The summed E-state index contributed by atoms with van der Waals surface area (Å²) in [6, 6.07) is 5.09. The van der Waals surface area contributed by atoms with Crippen LogP contribution in [0.1, 0.15) is 11.7 Å². The summed E-state index contributed by atoms with van der Waals surface area (Å²) in [6.07, 6.45) is -0.593. The highest BCUT2D eigenvalue weighted by Gasteiger charge is 2.18. The van der Waals surface area contributed by atoms with Gasteiger partial charge in [-0.1, -0.05) is 6.07 Å². The molecule has 0 aliphatic heterocycles. The summed E-state index contributed by atoms with van der Waals surface area (Å²) in [7, 11) is 4.48. The average Bonchev–Trinajstić information content (AvgIpc) is 2.34. The minimum Gasteiger partial charge on any atom is -0.493 e. The second-order valence-corrected chi connectivity index (χ2v) is 3.35. The summed E-state index contributed by atoms with van der Waals surface area (Å²) in [6.45, 7) is -0.286. The molecule has 0 N–H and O–H groups in total. The fourth-order valence-electron chi connectivity index (χ4n) is 1.50. The number of ether oxygens (including phenoxy) is 3. The molecule has 0 aliphatic rings. The number of hydrogen-bond donors (Lipinski definition) is 0. The molecule has 0 aromatic heterocycles. The molecule has 0 spiro atoms. The maximum absolute atomic E-state index is 10.5. The van der Waals surface area contributed by atoms with Gasteiger partial charge in [-0.15, -0.1) is 0 Å². The van der Waals surface area contributed by atoms with Crippen LogP contribution in [0, 0.1) is 10.1 Å². The number of hydrogen-bond acceptors (Lipinski definition) is 5. The van der Waals surface area contributed by atoms with E-state index in [1.165, 1.54) is 21.3 Å². The fraction of sp³-hybridized carbons (Fsp3) is 0.455. The summed E-state index contributed by atoms with van der Waals surface area (Å²) in [5.74, 6) is 1.10. The Kier molecular flexibility index (Phi) is 4.71. The van der Waals surface area contributed by atoms with E-state index in [2.05, 4.69) is 0 Å². The van der Waals surface area contributed by atoms with Gasteiger partial charge in [0.15, 0.2) is 11.5 Å². The van der Waals surface area contributed by atoms with Gasteiger partial charge in [0.25, 0.3) is 0 Å². The highest BCUT2D eigenvalue weighted by atomic mass is 16.6. The lowest BCUT2D eigenvalue weighted by Gasteiger charge is -2.14. The van der Waals surface area contributed by atoms with E-state index >= 15 is 0 Å². The van der Waals surface area contributed by atoms with Crippen molar-refractivity contribution in [3.63, 3.8) is 0 Å². The standard InChI is InChI=1S/C11H15NO5/c1-15-9-5-4-8(6-10(9)16-2)11(17-3)7-12(13)14/h4-6,11H,7H2,1-3H3/t11-/m1/s1.